The molecule has 1 saturated heterocycles. The van der Waals surface area contributed by atoms with Gasteiger partial charge in [0.2, 0.25) is 5.88 Å². The van der Waals surface area contributed by atoms with E-state index in [0.717, 1.165) is 48.6 Å². The Labute approximate surface area is 153 Å². The first-order valence-corrected chi connectivity index (χ1v) is 8.62. The van der Waals surface area contributed by atoms with Crippen molar-refractivity contribution in [1.82, 2.24) is 15.2 Å². The van der Waals surface area contributed by atoms with Crippen LogP contribution in [0, 0.1) is 13.8 Å². The number of hydrogen-bond donors (Lipinski definition) is 1. The molecule has 26 heavy (non-hydrogen) atoms. The van der Waals surface area contributed by atoms with Gasteiger partial charge in [-0.3, -0.25) is 0 Å². The second kappa shape index (κ2) is 7.99. The number of aliphatic imine (C=N–C) groups is 1. The van der Waals surface area contributed by atoms with Crippen LogP contribution in [0.25, 0.3) is 0 Å². The number of aromatic nitrogens is 3. The molecule has 1 fully saturated rings. The van der Waals surface area contributed by atoms with Crippen LogP contribution >= 0.6 is 0 Å². The normalized spacial score (nSPS) is 15.4. The fourth-order valence-corrected chi connectivity index (χ4v) is 3.01. The Balaban J connectivity index is 1.62. The van der Waals surface area contributed by atoms with E-state index in [4.69, 9.17) is 15.2 Å². The van der Waals surface area contributed by atoms with Crippen molar-refractivity contribution >= 4 is 18.0 Å². The van der Waals surface area contributed by atoms with Gasteiger partial charge in [0.1, 0.15) is 11.9 Å². The fourth-order valence-electron chi connectivity index (χ4n) is 3.01. The van der Waals surface area contributed by atoms with E-state index in [1.165, 1.54) is 6.34 Å². The molecule has 138 valence electrons. The third-order valence-electron chi connectivity index (χ3n) is 4.63. The highest BCUT2D eigenvalue weighted by atomic mass is 16.5. The summed E-state index contributed by atoms with van der Waals surface area (Å²) < 4.78 is 11.1. The molecule has 8 heteroatoms. The minimum Gasteiger partial charge on any atom is -0.489 e. The molecule has 0 unspecified atom stereocenters. The van der Waals surface area contributed by atoms with Crippen molar-refractivity contribution in [2.45, 2.75) is 32.8 Å². The van der Waals surface area contributed by atoms with Crippen molar-refractivity contribution in [3.05, 3.63) is 29.5 Å². The van der Waals surface area contributed by atoms with Crippen LogP contribution in [0.3, 0.4) is 0 Å². The van der Waals surface area contributed by atoms with E-state index in [-0.39, 0.29) is 6.10 Å². The summed E-state index contributed by atoms with van der Waals surface area (Å²) in [5, 5.41) is 8.54. The van der Waals surface area contributed by atoms with Gasteiger partial charge in [-0.25, -0.2) is 9.98 Å². The molecule has 0 spiro atoms. The minimum absolute atomic E-state index is 0.164. The van der Waals surface area contributed by atoms with Gasteiger partial charge in [0.05, 0.1) is 19.6 Å². The molecule has 0 aromatic carbocycles. The Hall–Kier alpha value is -2.90. The SMILES string of the molecule is COc1ccc(OC2CCN(c3nnc(N=CN)c(C)c3C)CC2)cn1. The maximum absolute atomic E-state index is 6.03. The van der Waals surface area contributed by atoms with Crippen molar-refractivity contribution in [3.8, 4) is 11.6 Å². The van der Waals surface area contributed by atoms with Crippen LogP contribution in [-0.2, 0) is 0 Å². The van der Waals surface area contributed by atoms with E-state index in [0.29, 0.717) is 11.7 Å². The second-order valence-corrected chi connectivity index (χ2v) is 6.22. The fraction of sp³-hybridized carbons (Fsp3) is 0.444. The lowest BCUT2D eigenvalue weighted by Crippen LogP contribution is -2.39. The third kappa shape index (κ3) is 3.84. The Kier molecular flexibility index (Phi) is 5.50. The molecule has 1 aliphatic heterocycles. The summed E-state index contributed by atoms with van der Waals surface area (Å²) in [5.74, 6) is 2.82. The van der Waals surface area contributed by atoms with Gasteiger partial charge in [-0.15, -0.1) is 10.2 Å². The molecule has 8 nitrogen and oxygen atoms in total. The minimum atomic E-state index is 0.164. The van der Waals surface area contributed by atoms with E-state index >= 15 is 0 Å². The molecular formula is C18H24N6O2. The van der Waals surface area contributed by atoms with Crippen molar-refractivity contribution in [1.29, 1.82) is 0 Å². The molecule has 2 N–H and O–H groups in total. The quantitative estimate of drug-likeness (QED) is 0.647. The summed E-state index contributed by atoms with van der Waals surface area (Å²) in [5.41, 5.74) is 7.44. The van der Waals surface area contributed by atoms with Crippen LogP contribution in [-0.4, -0.2) is 47.8 Å². The number of nitrogens with zero attached hydrogens (tertiary/aromatic N) is 5. The monoisotopic (exact) mass is 356 g/mol. The van der Waals surface area contributed by atoms with Gasteiger partial charge < -0.3 is 20.1 Å². The van der Waals surface area contributed by atoms with Crippen LogP contribution in [0.5, 0.6) is 11.6 Å². The zero-order valence-electron chi connectivity index (χ0n) is 15.3. The van der Waals surface area contributed by atoms with Crippen LogP contribution < -0.4 is 20.1 Å². The van der Waals surface area contributed by atoms with E-state index in [1.807, 2.05) is 19.9 Å². The second-order valence-electron chi connectivity index (χ2n) is 6.22. The number of pyridine rings is 1. The van der Waals surface area contributed by atoms with Crippen molar-refractivity contribution < 1.29 is 9.47 Å². The van der Waals surface area contributed by atoms with Crippen molar-refractivity contribution in [2.24, 2.45) is 10.7 Å². The summed E-state index contributed by atoms with van der Waals surface area (Å²) in [4.78, 5) is 10.5. The number of nitrogens with two attached hydrogens (primary N) is 1. The zero-order valence-corrected chi connectivity index (χ0v) is 15.3. The van der Waals surface area contributed by atoms with E-state index in [9.17, 15) is 0 Å². The molecule has 0 bridgehead atoms. The average molecular weight is 356 g/mol. The number of anilines is 1. The molecule has 0 amide bonds. The molecule has 2 aromatic heterocycles. The van der Waals surface area contributed by atoms with Gasteiger partial charge >= 0.3 is 0 Å². The molecule has 0 aliphatic carbocycles. The van der Waals surface area contributed by atoms with E-state index in [1.54, 1.807) is 19.4 Å². The predicted octanol–water partition coefficient (Wildman–Crippen LogP) is 2.16. The predicted molar refractivity (Wildman–Crippen MR) is 100 cm³/mol. The Morgan fingerprint density at radius 2 is 1.96 bits per heavy atom. The van der Waals surface area contributed by atoms with Crippen LogP contribution in [0.1, 0.15) is 24.0 Å². The standard InChI is InChI=1S/C18H24N6O2/c1-12-13(2)18(23-22-17(12)21-11-19)24-8-6-14(7-9-24)26-15-4-5-16(25-3)20-10-15/h4-5,10-11,14H,6-9H2,1-3H3,(H2,19,21,22). The maximum atomic E-state index is 6.03. The van der Waals surface area contributed by atoms with E-state index < -0.39 is 0 Å². The summed E-state index contributed by atoms with van der Waals surface area (Å²) in [6, 6.07) is 3.69. The smallest absolute Gasteiger partial charge is 0.213 e. The van der Waals surface area contributed by atoms with Gasteiger partial charge in [0, 0.05) is 43.1 Å². The largest absolute Gasteiger partial charge is 0.489 e. The highest BCUT2D eigenvalue weighted by Crippen LogP contribution is 2.28. The summed E-state index contributed by atoms with van der Waals surface area (Å²) >= 11 is 0. The molecule has 2 aromatic rings. The lowest BCUT2D eigenvalue weighted by atomic mass is 10.1. The van der Waals surface area contributed by atoms with Crippen molar-refractivity contribution in [2.75, 3.05) is 25.1 Å². The van der Waals surface area contributed by atoms with Crippen LogP contribution in [0.2, 0.25) is 0 Å². The molecule has 0 radical (unpaired) electrons. The van der Waals surface area contributed by atoms with Crippen LogP contribution in [0.15, 0.2) is 23.3 Å². The first-order valence-electron chi connectivity index (χ1n) is 8.62. The first-order chi connectivity index (χ1) is 12.6. The Morgan fingerprint density at radius 1 is 1.19 bits per heavy atom. The van der Waals surface area contributed by atoms with Crippen molar-refractivity contribution in [3.63, 3.8) is 0 Å². The summed E-state index contributed by atoms with van der Waals surface area (Å²) in [6.45, 7) is 5.76. The van der Waals surface area contributed by atoms with Gasteiger partial charge in [-0.1, -0.05) is 0 Å². The van der Waals surface area contributed by atoms with Gasteiger partial charge in [-0.2, -0.15) is 0 Å². The molecule has 0 saturated carbocycles. The van der Waals surface area contributed by atoms with Gasteiger partial charge in [0.15, 0.2) is 11.6 Å². The molecule has 1 aliphatic rings. The number of piperidine rings is 1. The number of rotatable bonds is 5. The highest BCUT2D eigenvalue weighted by molar-refractivity contribution is 5.62. The Morgan fingerprint density at radius 3 is 2.58 bits per heavy atom. The van der Waals surface area contributed by atoms with E-state index in [2.05, 4.69) is 25.1 Å². The number of ether oxygens (including phenoxy) is 2. The molecule has 3 heterocycles. The average Bonchev–Trinajstić information content (AvgIpc) is 2.67. The summed E-state index contributed by atoms with van der Waals surface area (Å²) in [6.07, 6.45) is 4.93. The van der Waals surface area contributed by atoms with Gasteiger partial charge in [0.25, 0.3) is 0 Å². The van der Waals surface area contributed by atoms with Gasteiger partial charge in [-0.05, 0) is 19.9 Å². The molecular weight excluding hydrogens is 332 g/mol. The third-order valence-corrected chi connectivity index (χ3v) is 4.63. The summed E-state index contributed by atoms with van der Waals surface area (Å²) in [7, 11) is 1.60. The van der Waals surface area contributed by atoms with Crippen LogP contribution in [0.4, 0.5) is 11.6 Å². The first kappa shape index (κ1) is 17.9. The topological polar surface area (TPSA) is 98.8 Å². The zero-order chi connectivity index (χ0) is 18.5. The lowest BCUT2D eigenvalue weighted by molar-refractivity contribution is 0.169. The lowest BCUT2D eigenvalue weighted by Gasteiger charge is -2.33. The number of hydrogen-bond acceptors (Lipinski definition) is 7. The molecule has 0 atom stereocenters. The Bertz CT molecular complexity index is 770. The highest BCUT2D eigenvalue weighted by Gasteiger charge is 2.24. The number of methoxy groups -OCH3 is 1. The molecule has 3 rings (SSSR count). The maximum Gasteiger partial charge on any atom is 0.213 e.